The second-order valence-corrected chi connectivity index (χ2v) is 4.22. The third kappa shape index (κ3) is 2.93. The van der Waals surface area contributed by atoms with Gasteiger partial charge in [0.05, 0.1) is 0 Å². The number of hydrogen-bond donors (Lipinski definition) is 1. The minimum absolute atomic E-state index is 0.0973. The molecule has 2 aromatic rings. The minimum Gasteiger partial charge on any atom is -0.488 e. The number of hydrogen-bond acceptors (Lipinski definition) is 4. The zero-order valence-corrected chi connectivity index (χ0v) is 10.8. The normalized spacial score (nSPS) is 9.80. The third-order valence-corrected chi connectivity index (χ3v) is 2.75. The number of nitrogens with zero attached hydrogens (tertiary/aromatic N) is 2. The molecule has 20 heavy (non-hydrogen) atoms. The maximum absolute atomic E-state index is 11.2. The summed E-state index contributed by atoms with van der Waals surface area (Å²) in [6.45, 7) is 1.91. The van der Waals surface area contributed by atoms with Gasteiger partial charge in [0.2, 0.25) is 0 Å². The van der Waals surface area contributed by atoms with Crippen LogP contribution in [0.25, 0.3) is 0 Å². The second kappa shape index (κ2) is 5.85. The van der Waals surface area contributed by atoms with Crippen LogP contribution >= 0.6 is 0 Å². The smallest absolute Gasteiger partial charge is 0.339 e. The molecule has 0 aliphatic rings. The van der Waals surface area contributed by atoms with Crippen LogP contribution < -0.4 is 4.74 Å². The van der Waals surface area contributed by atoms with Crippen LogP contribution in [0, 0.1) is 18.3 Å². The molecule has 2 rings (SSSR count). The van der Waals surface area contributed by atoms with E-state index in [1.807, 2.05) is 13.0 Å². The summed E-state index contributed by atoms with van der Waals surface area (Å²) in [5, 5.41) is 18.1. The Bertz CT molecular complexity index is 690. The first-order chi connectivity index (χ1) is 9.61. The van der Waals surface area contributed by atoms with Gasteiger partial charge in [-0.2, -0.15) is 5.26 Å². The number of benzene rings is 1. The Balaban J connectivity index is 2.24. The molecule has 1 heterocycles. The van der Waals surface area contributed by atoms with E-state index in [4.69, 9.17) is 15.1 Å². The minimum atomic E-state index is -1.05. The van der Waals surface area contributed by atoms with Crippen LogP contribution in [0.4, 0.5) is 0 Å². The Kier molecular flexibility index (Phi) is 3.96. The molecule has 0 fully saturated rings. The summed E-state index contributed by atoms with van der Waals surface area (Å²) >= 11 is 0. The number of nitriles is 1. The van der Waals surface area contributed by atoms with Crippen molar-refractivity contribution in [2.45, 2.75) is 13.5 Å². The van der Waals surface area contributed by atoms with Gasteiger partial charge in [-0.3, -0.25) is 0 Å². The van der Waals surface area contributed by atoms with Gasteiger partial charge in [0, 0.05) is 11.8 Å². The molecule has 1 N–H and O–H groups in total. The SMILES string of the molecule is Cc1ccc(OCc2cccnc2C#N)c(C(=O)O)c1. The van der Waals surface area contributed by atoms with Gasteiger partial charge in [0.15, 0.2) is 0 Å². The Morgan fingerprint density at radius 1 is 1.45 bits per heavy atom. The van der Waals surface area contributed by atoms with Crippen LogP contribution in [-0.4, -0.2) is 16.1 Å². The lowest BCUT2D eigenvalue weighted by molar-refractivity contribution is 0.0691. The molecular weight excluding hydrogens is 256 g/mol. The van der Waals surface area contributed by atoms with Gasteiger partial charge < -0.3 is 9.84 Å². The van der Waals surface area contributed by atoms with Crippen molar-refractivity contribution in [3.8, 4) is 11.8 Å². The summed E-state index contributed by atoms with van der Waals surface area (Å²) in [7, 11) is 0. The van der Waals surface area contributed by atoms with Crippen LogP contribution in [-0.2, 0) is 6.61 Å². The summed E-state index contributed by atoms with van der Waals surface area (Å²) in [6, 6.07) is 10.3. The molecule has 0 spiro atoms. The molecular formula is C15H12N2O3. The first kappa shape index (κ1) is 13.6. The van der Waals surface area contributed by atoms with Crippen LogP contribution in [0.5, 0.6) is 5.75 Å². The van der Waals surface area contributed by atoms with Crippen LogP contribution in [0.1, 0.15) is 27.2 Å². The molecule has 0 saturated carbocycles. The van der Waals surface area contributed by atoms with Crippen molar-refractivity contribution in [3.05, 3.63) is 58.9 Å². The zero-order chi connectivity index (χ0) is 14.5. The topological polar surface area (TPSA) is 83.2 Å². The van der Waals surface area contributed by atoms with E-state index in [1.54, 1.807) is 30.3 Å². The number of pyridine rings is 1. The summed E-state index contributed by atoms with van der Waals surface area (Å²) in [5.41, 5.74) is 1.84. The quantitative estimate of drug-likeness (QED) is 0.921. The Labute approximate surface area is 116 Å². The van der Waals surface area contributed by atoms with Gasteiger partial charge >= 0.3 is 5.97 Å². The van der Waals surface area contributed by atoms with E-state index in [0.29, 0.717) is 5.56 Å². The van der Waals surface area contributed by atoms with Gasteiger partial charge in [0.1, 0.15) is 29.7 Å². The number of carboxylic acids is 1. The lowest BCUT2D eigenvalue weighted by Gasteiger charge is -2.10. The fourth-order valence-electron chi connectivity index (χ4n) is 1.75. The lowest BCUT2D eigenvalue weighted by Crippen LogP contribution is -2.05. The molecule has 5 heteroatoms. The van der Waals surface area contributed by atoms with Gasteiger partial charge in [0.25, 0.3) is 0 Å². The van der Waals surface area contributed by atoms with Crippen molar-refractivity contribution in [2.24, 2.45) is 0 Å². The molecule has 100 valence electrons. The lowest BCUT2D eigenvalue weighted by atomic mass is 10.1. The Morgan fingerprint density at radius 2 is 2.25 bits per heavy atom. The number of aromatic carboxylic acids is 1. The average molecular weight is 268 g/mol. The van der Waals surface area contributed by atoms with Crippen molar-refractivity contribution in [1.82, 2.24) is 4.98 Å². The van der Waals surface area contributed by atoms with E-state index in [9.17, 15) is 4.79 Å². The second-order valence-electron chi connectivity index (χ2n) is 4.22. The molecule has 1 aromatic carbocycles. The van der Waals surface area contributed by atoms with Crippen molar-refractivity contribution >= 4 is 5.97 Å². The summed E-state index contributed by atoms with van der Waals surface area (Å²) in [6.07, 6.45) is 1.52. The Hall–Kier alpha value is -2.87. The van der Waals surface area contributed by atoms with Crippen molar-refractivity contribution < 1.29 is 14.6 Å². The highest BCUT2D eigenvalue weighted by molar-refractivity contribution is 5.91. The number of rotatable bonds is 4. The van der Waals surface area contributed by atoms with E-state index >= 15 is 0 Å². The van der Waals surface area contributed by atoms with E-state index in [1.165, 1.54) is 6.20 Å². The highest BCUT2D eigenvalue weighted by Crippen LogP contribution is 2.21. The number of ether oxygens (including phenoxy) is 1. The average Bonchev–Trinajstić information content (AvgIpc) is 2.46. The fraction of sp³-hybridized carbons (Fsp3) is 0.133. The van der Waals surface area contributed by atoms with Crippen molar-refractivity contribution in [2.75, 3.05) is 0 Å². The fourth-order valence-corrected chi connectivity index (χ4v) is 1.75. The molecule has 0 amide bonds. The molecule has 5 nitrogen and oxygen atoms in total. The molecule has 0 bridgehead atoms. The molecule has 0 unspecified atom stereocenters. The number of aryl methyl sites for hydroxylation is 1. The maximum Gasteiger partial charge on any atom is 0.339 e. The van der Waals surface area contributed by atoms with E-state index in [-0.39, 0.29) is 23.6 Å². The third-order valence-electron chi connectivity index (χ3n) is 2.75. The summed E-state index contributed by atoms with van der Waals surface area (Å²) in [5.74, 6) is -0.772. The van der Waals surface area contributed by atoms with Gasteiger partial charge in [-0.25, -0.2) is 9.78 Å². The van der Waals surface area contributed by atoms with Gasteiger partial charge in [-0.15, -0.1) is 0 Å². The largest absolute Gasteiger partial charge is 0.488 e. The maximum atomic E-state index is 11.2. The van der Waals surface area contributed by atoms with Gasteiger partial charge in [-0.1, -0.05) is 17.7 Å². The van der Waals surface area contributed by atoms with Crippen molar-refractivity contribution in [1.29, 1.82) is 5.26 Å². The van der Waals surface area contributed by atoms with E-state index in [2.05, 4.69) is 4.98 Å². The summed E-state index contributed by atoms with van der Waals surface area (Å²) < 4.78 is 5.51. The highest BCUT2D eigenvalue weighted by atomic mass is 16.5. The van der Waals surface area contributed by atoms with Crippen molar-refractivity contribution in [3.63, 3.8) is 0 Å². The number of carbonyl (C=O) groups is 1. The van der Waals surface area contributed by atoms with Crippen LogP contribution in [0.3, 0.4) is 0 Å². The van der Waals surface area contributed by atoms with Crippen LogP contribution in [0.15, 0.2) is 36.5 Å². The molecule has 0 radical (unpaired) electrons. The predicted octanol–water partition coefficient (Wildman–Crippen LogP) is 2.54. The first-order valence-electron chi connectivity index (χ1n) is 5.92. The standard InChI is InChI=1S/C15H12N2O3/c1-10-4-5-14(12(7-10)15(18)19)20-9-11-3-2-6-17-13(11)8-16/h2-7H,9H2,1H3,(H,18,19). The molecule has 1 aromatic heterocycles. The van der Waals surface area contributed by atoms with Gasteiger partial charge in [-0.05, 0) is 25.1 Å². The molecule has 0 aliphatic carbocycles. The predicted molar refractivity (Wildman–Crippen MR) is 71.4 cm³/mol. The van der Waals surface area contributed by atoms with Crippen LogP contribution in [0.2, 0.25) is 0 Å². The van der Waals surface area contributed by atoms with E-state index in [0.717, 1.165) is 5.56 Å². The summed E-state index contributed by atoms with van der Waals surface area (Å²) in [4.78, 5) is 15.1. The Morgan fingerprint density at radius 3 is 2.95 bits per heavy atom. The highest BCUT2D eigenvalue weighted by Gasteiger charge is 2.12. The molecule has 0 saturated heterocycles. The zero-order valence-electron chi connectivity index (χ0n) is 10.8. The molecule has 0 atom stereocenters. The van der Waals surface area contributed by atoms with E-state index < -0.39 is 5.97 Å². The number of carboxylic acid groups (broad SMARTS) is 1. The first-order valence-corrected chi connectivity index (χ1v) is 5.92. The number of aromatic nitrogens is 1. The molecule has 0 aliphatic heterocycles. The monoisotopic (exact) mass is 268 g/mol.